The van der Waals surface area contributed by atoms with Crippen molar-refractivity contribution in [1.82, 2.24) is 15.5 Å². The summed E-state index contributed by atoms with van der Waals surface area (Å²) in [5.41, 5.74) is 0.832. The molecule has 1 unspecified atom stereocenters. The minimum Gasteiger partial charge on any atom is -0.455 e. The number of furan rings is 1. The monoisotopic (exact) mass is 301 g/mol. The molecule has 1 amide bonds. The van der Waals surface area contributed by atoms with Crippen LogP contribution >= 0.6 is 11.8 Å². The second-order valence-corrected chi connectivity index (χ2v) is 5.04. The highest BCUT2D eigenvalue weighted by Crippen LogP contribution is 2.21. The zero-order valence-electron chi connectivity index (χ0n) is 10.6. The number of hydrogen-bond acceptors (Lipinski definition) is 4. The van der Waals surface area contributed by atoms with Crippen molar-refractivity contribution in [2.45, 2.75) is 24.5 Å². The Kier molecular flexibility index (Phi) is 4.78. The summed E-state index contributed by atoms with van der Waals surface area (Å²) in [6.45, 7) is 1.80. The topological polar surface area (TPSA) is 70.9 Å². The summed E-state index contributed by atoms with van der Waals surface area (Å²) in [6.07, 6.45) is 3.29. The van der Waals surface area contributed by atoms with Gasteiger partial charge in [0.25, 0.3) is 11.7 Å². The Hall–Kier alpha value is -1.83. The zero-order chi connectivity index (χ0) is 14.5. The minimum absolute atomic E-state index is 0.0300. The Morgan fingerprint density at radius 1 is 1.55 bits per heavy atom. The van der Waals surface area contributed by atoms with Crippen molar-refractivity contribution in [3.05, 3.63) is 41.6 Å². The van der Waals surface area contributed by atoms with Crippen molar-refractivity contribution in [1.29, 1.82) is 0 Å². The second kappa shape index (κ2) is 6.56. The molecular weight excluding hydrogens is 288 g/mol. The van der Waals surface area contributed by atoms with Crippen LogP contribution in [0.4, 0.5) is 8.78 Å². The van der Waals surface area contributed by atoms with E-state index in [2.05, 4.69) is 15.5 Å². The first-order valence-electron chi connectivity index (χ1n) is 5.84. The molecule has 108 valence electrons. The molecule has 1 atom stereocenters. The molecule has 0 aliphatic carbocycles. The van der Waals surface area contributed by atoms with Crippen molar-refractivity contribution in [2.75, 3.05) is 0 Å². The van der Waals surface area contributed by atoms with E-state index < -0.39 is 11.7 Å². The van der Waals surface area contributed by atoms with Gasteiger partial charge < -0.3 is 9.73 Å². The predicted octanol–water partition coefficient (Wildman–Crippen LogP) is 2.95. The van der Waals surface area contributed by atoms with Gasteiger partial charge in [-0.15, -0.1) is 0 Å². The number of aromatic nitrogens is 2. The molecule has 0 fully saturated rings. The van der Waals surface area contributed by atoms with Crippen LogP contribution in [0.2, 0.25) is 0 Å². The van der Waals surface area contributed by atoms with Gasteiger partial charge in [-0.1, -0.05) is 11.8 Å². The fourth-order valence-corrected chi connectivity index (χ4v) is 2.02. The van der Waals surface area contributed by atoms with Gasteiger partial charge in [0, 0.05) is 11.8 Å². The molecule has 2 N–H and O–H groups in total. The molecule has 2 rings (SSSR count). The maximum Gasteiger partial charge on any atom is 0.287 e. The first-order chi connectivity index (χ1) is 9.56. The molecule has 2 aromatic heterocycles. The van der Waals surface area contributed by atoms with Crippen molar-refractivity contribution in [2.24, 2.45) is 0 Å². The molecule has 0 spiro atoms. The van der Waals surface area contributed by atoms with Crippen LogP contribution in [0.15, 0.2) is 28.9 Å². The van der Waals surface area contributed by atoms with E-state index in [0.29, 0.717) is 17.5 Å². The van der Waals surface area contributed by atoms with E-state index in [9.17, 15) is 13.6 Å². The summed E-state index contributed by atoms with van der Waals surface area (Å²) >= 11 is 0.450. The SMILES string of the molecule is CC(NC(=O)c1ccc(CSC(F)F)o1)c1cn[nH]c1. The van der Waals surface area contributed by atoms with Gasteiger partial charge in [-0.2, -0.15) is 13.9 Å². The van der Waals surface area contributed by atoms with Gasteiger partial charge in [-0.3, -0.25) is 9.89 Å². The standard InChI is InChI=1S/C12H13F2N3O2S/c1-7(8-4-15-16-5-8)17-11(18)10-3-2-9(19-10)6-20-12(13)14/h2-5,7,12H,6H2,1H3,(H,15,16)(H,17,18). The van der Waals surface area contributed by atoms with Gasteiger partial charge >= 0.3 is 0 Å². The molecule has 2 aromatic rings. The Morgan fingerprint density at radius 2 is 2.35 bits per heavy atom. The number of amides is 1. The van der Waals surface area contributed by atoms with E-state index in [1.165, 1.54) is 12.1 Å². The molecule has 0 saturated carbocycles. The van der Waals surface area contributed by atoms with Gasteiger partial charge in [0.1, 0.15) is 5.76 Å². The number of rotatable bonds is 6. The maximum atomic E-state index is 12.0. The number of carbonyl (C=O) groups excluding carboxylic acids is 1. The lowest BCUT2D eigenvalue weighted by Gasteiger charge is -2.10. The summed E-state index contributed by atoms with van der Waals surface area (Å²) in [6, 6.07) is 2.76. The van der Waals surface area contributed by atoms with Crippen molar-refractivity contribution < 1.29 is 18.0 Å². The zero-order valence-corrected chi connectivity index (χ0v) is 11.4. The van der Waals surface area contributed by atoms with Crippen LogP contribution in [-0.2, 0) is 5.75 Å². The Morgan fingerprint density at radius 3 is 3.00 bits per heavy atom. The van der Waals surface area contributed by atoms with Crippen molar-refractivity contribution in [3.63, 3.8) is 0 Å². The number of aromatic amines is 1. The molecule has 8 heteroatoms. The summed E-state index contributed by atoms with van der Waals surface area (Å²) in [5.74, 6) is -2.38. The first-order valence-corrected chi connectivity index (χ1v) is 6.89. The first kappa shape index (κ1) is 14.6. The van der Waals surface area contributed by atoms with Crippen LogP contribution in [0.25, 0.3) is 0 Å². The Bertz CT molecular complexity index is 557. The molecule has 0 saturated heterocycles. The van der Waals surface area contributed by atoms with E-state index >= 15 is 0 Å². The quantitative estimate of drug-likeness (QED) is 0.860. The second-order valence-electron chi connectivity index (χ2n) is 4.06. The molecule has 0 aromatic carbocycles. The lowest BCUT2D eigenvalue weighted by molar-refractivity contribution is 0.0910. The molecule has 2 heterocycles. The third kappa shape index (κ3) is 3.83. The fraction of sp³-hybridized carbons (Fsp3) is 0.333. The number of nitrogens with zero attached hydrogens (tertiary/aromatic N) is 1. The third-order valence-corrected chi connectivity index (χ3v) is 3.31. The fourth-order valence-electron chi connectivity index (χ4n) is 1.57. The average molecular weight is 301 g/mol. The smallest absolute Gasteiger partial charge is 0.287 e. The average Bonchev–Trinajstić information content (AvgIpc) is 3.07. The Balaban J connectivity index is 1.92. The normalized spacial score (nSPS) is 12.6. The van der Waals surface area contributed by atoms with E-state index in [4.69, 9.17) is 4.42 Å². The van der Waals surface area contributed by atoms with Crippen LogP contribution in [0.3, 0.4) is 0 Å². The molecular formula is C12H13F2N3O2S. The molecule has 5 nitrogen and oxygen atoms in total. The van der Waals surface area contributed by atoms with Gasteiger partial charge in [0.2, 0.25) is 0 Å². The summed E-state index contributed by atoms with van der Waals surface area (Å²) in [4.78, 5) is 11.9. The van der Waals surface area contributed by atoms with Crippen molar-refractivity contribution in [3.8, 4) is 0 Å². The number of H-pyrrole nitrogens is 1. The number of halogens is 2. The van der Waals surface area contributed by atoms with Crippen LogP contribution in [0.5, 0.6) is 0 Å². The van der Waals surface area contributed by atoms with Crippen LogP contribution in [0.1, 0.15) is 34.8 Å². The predicted molar refractivity (Wildman–Crippen MR) is 70.5 cm³/mol. The summed E-state index contributed by atoms with van der Waals surface area (Å²) in [5, 5.41) is 9.18. The van der Waals surface area contributed by atoms with Crippen LogP contribution in [0, 0.1) is 0 Å². The van der Waals surface area contributed by atoms with Crippen LogP contribution in [-0.4, -0.2) is 21.9 Å². The van der Waals surface area contributed by atoms with Gasteiger partial charge in [0.05, 0.1) is 18.0 Å². The van der Waals surface area contributed by atoms with E-state index in [1.807, 2.05) is 0 Å². The van der Waals surface area contributed by atoms with E-state index in [0.717, 1.165) is 5.56 Å². The van der Waals surface area contributed by atoms with Gasteiger partial charge in [0.15, 0.2) is 5.76 Å². The molecule has 0 aliphatic heterocycles. The number of nitrogens with one attached hydrogen (secondary N) is 2. The largest absolute Gasteiger partial charge is 0.455 e. The molecule has 0 aliphatic rings. The Labute approximate surface area is 118 Å². The third-order valence-electron chi connectivity index (χ3n) is 2.60. The molecule has 0 bridgehead atoms. The van der Waals surface area contributed by atoms with E-state index in [-0.39, 0.29) is 17.6 Å². The summed E-state index contributed by atoms with van der Waals surface area (Å²) < 4.78 is 29.3. The highest BCUT2D eigenvalue weighted by molar-refractivity contribution is 7.98. The highest BCUT2D eigenvalue weighted by atomic mass is 32.2. The number of carbonyl (C=O) groups is 1. The number of thioether (sulfide) groups is 1. The lowest BCUT2D eigenvalue weighted by atomic mass is 10.2. The maximum absolute atomic E-state index is 12.0. The highest BCUT2D eigenvalue weighted by Gasteiger charge is 2.16. The number of hydrogen-bond donors (Lipinski definition) is 2. The molecule has 0 radical (unpaired) electrons. The van der Waals surface area contributed by atoms with Crippen molar-refractivity contribution >= 4 is 17.7 Å². The lowest BCUT2D eigenvalue weighted by Crippen LogP contribution is -2.25. The molecule has 20 heavy (non-hydrogen) atoms. The number of alkyl halides is 2. The van der Waals surface area contributed by atoms with Gasteiger partial charge in [-0.05, 0) is 19.1 Å². The van der Waals surface area contributed by atoms with Crippen LogP contribution < -0.4 is 5.32 Å². The minimum atomic E-state index is -2.46. The van der Waals surface area contributed by atoms with Gasteiger partial charge in [-0.25, -0.2) is 0 Å². The summed E-state index contributed by atoms with van der Waals surface area (Å²) in [7, 11) is 0. The van der Waals surface area contributed by atoms with E-state index in [1.54, 1.807) is 19.3 Å².